The molecule has 0 bridgehead atoms. The molecule has 5 heteroatoms. The Morgan fingerprint density at radius 1 is 0.870 bits per heavy atom. The highest BCUT2D eigenvalue weighted by molar-refractivity contribution is 6.62. The topological polar surface area (TPSA) is 30.5 Å². The Labute approximate surface area is 143 Å². The van der Waals surface area contributed by atoms with Crippen LogP contribution >= 0.6 is 11.6 Å². The number of nitrogens with one attached hydrogen (secondary N) is 1. The lowest BCUT2D eigenvalue weighted by molar-refractivity contribution is 0.00578. The minimum atomic E-state index is -0.355. The van der Waals surface area contributed by atoms with Crippen LogP contribution in [0, 0.1) is 0 Å². The van der Waals surface area contributed by atoms with Gasteiger partial charge in [-0.3, -0.25) is 0 Å². The Balaban J connectivity index is 1.79. The molecule has 0 unspecified atom stereocenters. The van der Waals surface area contributed by atoms with Crippen molar-refractivity contribution in [1.29, 1.82) is 0 Å². The maximum Gasteiger partial charge on any atom is 0.494 e. The highest BCUT2D eigenvalue weighted by Gasteiger charge is 2.51. The van der Waals surface area contributed by atoms with Crippen molar-refractivity contribution >= 4 is 35.6 Å². The maximum atomic E-state index is 6.10. The van der Waals surface area contributed by atoms with Crippen LogP contribution in [0.5, 0.6) is 0 Å². The minimum Gasteiger partial charge on any atom is -0.399 e. The number of benzene rings is 2. The van der Waals surface area contributed by atoms with Crippen LogP contribution in [0.4, 0.5) is 11.4 Å². The molecule has 1 aliphatic heterocycles. The number of rotatable bonds is 3. The molecule has 1 aliphatic rings. The Hall–Kier alpha value is -1.49. The van der Waals surface area contributed by atoms with E-state index < -0.39 is 0 Å². The average Bonchev–Trinajstić information content (AvgIpc) is 2.70. The summed E-state index contributed by atoms with van der Waals surface area (Å²) in [4.78, 5) is 0. The fourth-order valence-corrected chi connectivity index (χ4v) is 2.57. The van der Waals surface area contributed by atoms with Gasteiger partial charge in [0.1, 0.15) is 0 Å². The van der Waals surface area contributed by atoms with Gasteiger partial charge in [0.15, 0.2) is 0 Å². The first-order chi connectivity index (χ1) is 10.8. The Morgan fingerprint density at radius 3 is 2.09 bits per heavy atom. The second kappa shape index (κ2) is 5.86. The third kappa shape index (κ3) is 3.39. The molecule has 0 amide bonds. The van der Waals surface area contributed by atoms with Gasteiger partial charge in [0.25, 0.3) is 0 Å². The lowest BCUT2D eigenvalue weighted by Crippen LogP contribution is -2.41. The molecule has 1 saturated heterocycles. The fraction of sp³-hybridized carbons (Fsp3) is 0.333. The van der Waals surface area contributed by atoms with Crippen molar-refractivity contribution in [2.24, 2.45) is 0 Å². The number of halogens is 1. The van der Waals surface area contributed by atoms with Gasteiger partial charge in [-0.05, 0) is 69.6 Å². The number of hydrogen-bond donors (Lipinski definition) is 1. The van der Waals surface area contributed by atoms with Gasteiger partial charge in [-0.1, -0.05) is 23.7 Å². The molecule has 3 rings (SSSR count). The number of anilines is 2. The third-order valence-electron chi connectivity index (χ3n) is 4.54. The summed E-state index contributed by atoms with van der Waals surface area (Å²) >= 11 is 5.92. The van der Waals surface area contributed by atoms with Crippen molar-refractivity contribution in [2.45, 2.75) is 38.9 Å². The molecule has 0 aromatic heterocycles. The predicted molar refractivity (Wildman–Crippen MR) is 96.9 cm³/mol. The van der Waals surface area contributed by atoms with Gasteiger partial charge < -0.3 is 14.6 Å². The van der Waals surface area contributed by atoms with Gasteiger partial charge in [0.2, 0.25) is 0 Å². The van der Waals surface area contributed by atoms with Gasteiger partial charge in [0.05, 0.1) is 11.2 Å². The summed E-state index contributed by atoms with van der Waals surface area (Å²) in [5.74, 6) is 0. The lowest BCUT2D eigenvalue weighted by atomic mass is 9.79. The molecule has 0 saturated carbocycles. The highest BCUT2D eigenvalue weighted by Crippen LogP contribution is 2.36. The number of hydrogen-bond acceptors (Lipinski definition) is 3. The van der Waals surface area contributed by atoms with Crippen LogP contribution in [0.2, 0.25) is 5.02 Å². The van der Waals surface area contributed by atoms with Gasteiger partial charge in [-0.2, -0.15) is 0 Å². The van der Waals surface area contributed by atoms with Crippen molar-refractivity contribution in [3.05, 3.63) is 53.6 Å². The predicted octanol–water partition coefficient (Wildman–Crippen LogP) is 4.38. The summed E-state index contributed by atoms with van der Waals surface area (Å²) in [6.07, 6.45) is 0. The van der Waals surface area contributed by atoms with Gasteiger partial charge >= 0.3 is 7.12 Å². The maximum absolute atomic E-state index is 6.10. The zero-order valence-electron chi connectivity index (χ0n) is 13.9. The van der Waals surface area contributed by atoms with E-state index in [0.29, 0.717) is 0 Å². The molecule has 120 valence electrons. The van der Waals surface area contributed by atoms with Crippen LogP contribution in [0.3, 0.4) is 0 Å². The molecule has 1 N–H and O–H groups in total. The molecule has 23 heavy (non-hydrogen) atoms. The molecular formula is C18H21BClNO2. The van der Waals surface area contributed by atoms with Crippen LogP contribution in [-0.4, -0.2) is 18.3 Å². The van der Waals surface area contributed by atoms with E-state index in [4.69, 9.17) is 20.9 Å². The highest BCUT2D eigenvalue weighted by atomic mass is 35.5. The summed E-state index contributed by atoms with van der Waals surface area (Å²) in [5.41, 5.74) is 2.30. The van der Waals surface area contributed by atoms with Crippen LogP contribution in [0.25, 0.3) is 0 Å². The lowest BCUT2D eigenvalue weighted by Gasteiger charge is -2.32. The summed E-state index contributed by atoms with van der Waals surface area (Å²) in [6, 6.07) is 15.7. The first-order valence-electron chi connectivity index (χ1n) is 7.75. The van der Waals surface area contributed by atoms with E-state index in [-0.39, 0.29) is 18.3 Å². The summed E-state index contributed by atoms with van der Waals surface area (Å²) in [5, 5.41) is 4.09. The fourth-order valence-electron chi connectivity index (χ4n) is 2.44. The van der Waals surface area contributed by atoms with Crippen LogP contribution in [0.15, 0.2) is 48.5 Å². The first-order valence-corrected chi connectivity index (χ1v) is 8.13. The quantitative estimate of drug-likeness (QED) is 0.848. The summed E-state index contributed by atoms with van der Waals surface area (Å²) in [7, 11) is -0.355. The van der Waals surface area contributed by atoms with Crippen molar-refractivity contribution in [3.63, 3.8) is 0 Å². The van der Waals surface area contributed by atoms with E-state index in [2.05, 4.69) is 39.1 Å². The van der Waals surface area contributed by atoms with Crippen molar-refractivity contribution in [2.75, 3.05) is 5.32 Å². The first kappa shape index (κ1) is 16.4. The summed E-state index contributed by atoms with van der Waals surface area (Å²) < 4.78 is 12.2. The second-order valence-electron chi connectivity index (χ2n) is 6.85. The monoisotopic (exact) mass is 329 g/mol. The third-order valence-corrected chi connectivity index (χ3v) is 4.80. The second-order valence-corrected chi connectivity index (χ2v) is 7.28. The SMILES string of the molecule is CC1(C)OB(c2cccc(Nc3ccc(Cl)cc3)c2)OC1(C)C. The van der Waals surface area contributed by atoms with Crippen molar-refractivity contribution < 1.29 is 9.31 Å². The van der Waals surface area contributed by atoms with Crippen LogP contribution in [-0.2, 0) is 9.31 Å². The molecule has 0 radical (unpaired) electrons. The van der Waals surface area contributed by atoms with E-state index in [1.165, 1.54) is 0 Å². The minimum absolute atomic E-state index is 0.336. The van der Waals surface area contributed by atoms with Gasteiger partial charge in [-0.15, -0.1) is 0 Å². The standard InChI is InChI=1S/C18H21BClNO2/c1-17(2)18(3,4)23-19(22-17)13-6-5-7-16(12-13)21-15-10-8-14(20)9-11-15/h5-12,21H,1-4H3. The molecule has 2 aromatic rings. The molecule has 1 heterocycles. The smallest absolute Gasteiger partial charge is 0.399 e. The molecule has 3 nitrogen and oxygen atoms in total. The Morgan fingerprint density at radius 2 is 1.48 bits per heavy atom. The molecule has 1 fully saturated rings. The molecule has 0 spiro atoms. The van der Waals surface area contributed by atoms with Crippen LogP contribution < -0.4 is 10.8 Å². The van der Waals surface area contributed by atoms with E-state index >= 15 is 0 Å². The van der Waals surface area contributed by atoms with Gasteiger partial charge in [0, 0.05) is 16.4 Å². The van der Waals surface area contributed by atoms with E-state index in [9.17, 15) is 0 Å². The van der Waals surface area contributed by atoms with Crippen molar-refractivity contribution in [1.82, 2.24) is 0 Å². The van der Waals surface area contributed by atoms with E-state index in [1.807, 2.05) is 42.5 Å². The van der Waals surface area contributed by atoms with E-state index in [0.717, 1.165) is 21.9 Å². The Kier molecular flexibility index (Phi) is 4.17. The van der Waals surface area contributed by atoms with Crippen molar-refractivity contribution in [3.8, 4) is 0 Å². The molecule has 0 aliphatic carbocycles. The normalized spacial score (nSPS) is 18.9. The average molecular weight is 330 g/mol. The Bertz CT molecular complexity index is 684. The van der Waals surface area contributed by atoms with E-state index in [1.54, 1.807) is 0 Å². The summed E-state index contributed by atoms with van der Waals surface area (Å²) in [6.45, 7) is 8.23. The van der Waals surface area contributed by atoms with Crippen LogP contribution in [0.1, 0.15) is 27.7 Å². The molecular weight excluding hydrogens is 308 g/mol. The largest absolute Gasteiger partial charge is 0.494 e. The zero-order valence-corrected chi connectivity index (χ0v) is 14.6. The molecule has 2 aromatic carbocycles. The zero-order chi connectivity index (χ0) is 16.7. The van der Waals surface area contributed by atoms with Gasteiger partial charge in [-0.25, -0.2) is 0 Å². The molecule has 0 atom stereocenters.